The lowest BCUT2D eigenvalue weighted by Crippen LogP contribution is -2.37. The fraction of sp³-hybridized carbons (Fsp3) is 0.304. The van der Waals surface area contributed by atoms with E-state index in [2.05, 4.69) is 10.1 Å². The number of pyridine rings is 1. The van der Waals surface area contributed by atoms with Gasteiger partial charge in [0.15, 0.2) is 17.7 Å². The molecule has 3 aromatic rings. The molecule has 0 aliphatic carbocycles. The fourth-order valence-electron chi connectivity index (χ4n) is 3.74. The quantitative estimate of drug-likeness (QED) is 0.506. The molecule has 2 aromatic heterocycles. The molecule has 1 aromatic carbocycles. The fourth-order valence-corrected chi connectivity index (χ4v) is 3.74. The van der Waals surface area contributed by atoms with Crippen LogP contribution < -0.4 is 9.47 Å². The van der Waals surface area contributed by atoms with Gasteiger partial charge in [-0.1, -0.05) is 0 Å². The topological polar surface area (TPSA) is 93.3 Å². The summed E-state index contributed by atoms with van der Waals surface area (Å²) < 4.78 is 65.2. The molecule has 0 fully saturated rings. The number of benzene rings is 1. The summed E-state index contributed by atoms with van der Waals surface area (Å²) in [5.74, 6) is -1.77. The summed E-state index contributed by atoms with van der Waals surface area (Å²) in [4.78, 5) is 18.6. The van der Waals surface area contributed by atoms with E-state index >= 15 is 0 Å². The maximum Gasteiger partial charge on any atom is 0.425 e. The highest BCUT2D eigenvalue weighted by Crippen LogP contribution is 2.36. The van der Waals surface area contributed by atoms with E-state index in [1.165, 1.54) is 35.0 Å². The van der Waals surface area contributed by atoms with Crippen LogP contribution in [0.3, 0.4) is 0 Å². The van der Waals surface area contributed by atoms with Crippen molar-refractivity contribution in [3.63, 3.8) is 0 Å². The SMILES string of the molecule is COc1c(C#N)ccc(OC(C)C(F)(F)F)c1C(=O)N1CCc2nn(-c3ccncc3F)cc2C1. The second-order valence-electron chi connectivity index (χ2n) is 7.78. The van der Waals surface area contributed by atoms with Gasteiger partial charge in [-0.05, 0) is 25.1 Å². The molecule has 1 unspecified atom stereocenters. The Bertz CT molecular complexity index is 1320. The number of alkyl halides is 3. The first-order valence-corrected chi connectivity index (χ1v) is 10.4. The van der Waals surface area contributed by atoms with Crippen LogP contribution in [0.2, 0.25) is 0 Å². The second kappa shape index (κ2) is 9.25. The van der Waals surface area contributed by atoms with Crippen molar-refractivity contribution in [3.8, 4) is 23.3 Å². The zero-order valence-corrected chi connectivity index (χ0v) is 18.6. The number of carbonyl (C=O) groups excluding carboxylic acids is 1. The average molecular weight is 489 g/mol. The van der Waals surface area contributed by atoms with E-state index in [9.17, 15) is 27.6 Å². The molecule has 35 heavy (non-hydrogen) atoms. The van der Waals surface area contributed by atoms with Gasteiger partial charge in [0.2, 0.25) is 0 Å². The Morgan fingerprint density at radius 2 is 2.06 bits per heavy atom. The minimum Gasteiger partial charge on any atom is -0.494 e. The second-order valence-corrected chi connectivity index (χ2v) is 7.78. The zero-order valence-electron chi connectivity index (χ0n) is 18.6. The molecule has 0 saturated carbocycles. The predicted octanol–water partition coefficient (Wildman–Crippen LogP) is 3.81. The molecular weight excluding hydrogens is 470 g/mol. The highest BCUT2D eigenvalue weighted by molar-refractivity contribution is 6.00. The van der Waals surface area contributed by atoms with Crippen molar-refractivity contribution >= 4 is 5.91 Å². The zero-order chi connectivity index (χ0) is 25.3. The molecule has 0 saturated heterocycles. The summed E-state index contributed by atoms with van der Waals surface area (Å²) in [5.41, 5.74) is 1.18. The van der Waals surface area contributed by atoms with E-state index in [4.69, 9.17) is 9.47 Å². The summed E-state index contributed by atoms with van der Waals surface area (Å²) in [5, 5.41) is 13.8. The number of nitriles is 1. The van der Waals surface area contributed by atoms with Crippen LogP contribution in [0.4, 0.5) is 17.6 Å². The summed E-state index contributed by atoms with van der Waals surface area (Å²) in [6, 6.07) is 5.71. The van der Waals surface area contributed by atoms with Crippen LogP contribution in [0.15, 0.2) is 36.8 Å². The predicted molar refractivity (Wildman–Crippen MR) is 114 cm³/mol. The van der Waals surface area contributed by atoms with Gasteiger partial charge >= 0.3 is 6.18 Å². The van der Waals surface area contributed by atoms with Crippen molar-refractivity contribution in [1.29, 1.82) is 5.26 Å². The number of nitrogens with zero attached hydrogens (tertiary/aromatic N) is 5. The van der Waals surface area contributed by atoms with Gasteiger partial charge in [0, 0.05) is 37.5 Å². The third-order valence-corrected chi connectivity index (χ3v) is 5.56. The van der Waals surface area contributed by atoms with Gasteiger partial charge in [-0.3, -0.25) is 9.78 Å². The van der Waals surface area contributed by atoms with Crippen LogP contribution in [-0.4, -0.2) is 51.5 Å². The van der Waals surface area contributed by atoms with Crippen LogP contribution in [0.1, 0.15) is 34.1 Å². The van der Waals surface area contributed by atoms with Gasteiger partial charge in [0.1, 0.15) is 23.1 Å². The number of fused-ring (bicyclic) bond motifs is 1. The van der Waals surface area contributed by atoms with E-state index in [0.717, 1.165) is 19.2 Å². The van der Waals surface area contributed by atoms with E-state index in [0.29, 0.717) is 17.7 Å². The maximum absolute atomic E-state index is 14.1. The molecule has 3 heterocycles. The highest BCUT2D eigenvalue weighted by Gasteiger charge is 2.39. The third kappa shape index (κ3) is 4.62. The lowest BCUT2D eigenvalue weighted by molar-refractivity contribution is -0.189. The summed E-state index contributed by atoms with van der Waals surface area (Å²) in [7, 11) is 1.21. The van der Waals surface area contributed by atoms with Crippen molar-refractivity contribution < 1.29 is 31.8 Å². The van der Waals surface area contributed by atoms with Crippen LogP contribution >= 0.6 is 0 Å². The van der Waals surface area contributed by atoms with Crippen molar-refractivity contribution in [2.75, 3.05) is 13.7 Å². The van der Waals surface area contributed by atoms with Gasteiger partial charge in [0.25, 0.3) is 5.91 Å². The first kappa shape index (κ1) is 24.0. The van der Waals surface area contributed by atoms with Crippen LogP contribution in [-0.2, 0) is 13.0 Å². The van der Waals surface area contributed by atoms with E-state index < -0.39 is 24.0 Å². The van der Waals surface area contributed by atoms with Gasteiger partial charge in [-0.25, -0.2) is 9.07 Å². The average Bonchev–Trinajstić information content (AvgIpc) is 3.26. The van der Waals surface area contributed by atoms with E-state index in [-0.39, 0.29) is 41.4 Å². The minimum atomic E-state index is -4.67. The largest absolute Gasteiger partial charge is 0.494 e. The first-order chi connectivity index (χ1) is 16.6. The van der Waals surface area contributed by atoms with Gasteiger partial charge in [-0.15, -0.1) is 0 Å². The highest BCUT2D eigenvalue weighted by atomic mass is 19.4. The lowest BCUT2D eigenvalue weighted by Gasteiger charge is -2.28. The molecule has 0 N–H and O–H groups in total. The Morgan fingerprint density at radius 3 is 2.71 bits per heavy atom. The number of methoxy groups -OCH3 is 1. The standard InChI is InChI=1S/C23H19F4N5O3/c1-13(23(25,26)27)35-19-4-3-14(9-28)21(34-2)20(19)22(33)31-8-6-17-15(11-31)12-32(30-17)18-5-7-29-10-16(18)24/h3-5,7,10,12-13H,6,8,11H2,1-2H3. The van der Waals surface area contributed by atoms with Crippen LogP contribution in [0.5, 0.6) is 11.5 Å². The molecule has 1 aliphatic heterocycles. The van der Waals surface area contributed by atoms with Gasteiger partial charge < -0.3 is 14.4 Å². The summed E-state index contributed by atoms with van der Waals surface area (Å²) in [6.45, 7) is 1.07. The maximum atomic E-state index is 14.1. The van der Waals surface area contributed by atoms with Crippen LogP contribution in [0.25, 0.3) is 5.69 Å². The number of halogens is 4. The number of hydrogen-bond donors (Lipinski definition) is 0. The molecule has 12 heteroatoms. The molecule has 0 bridgehead atoms. The van der Waals surface area contributed by atoms with Crippen molar-refractivity contribution in [3.05, 3.63) is 65.0 Å². The number of amides is 1. The molecule has 1 aliphatic rings. The van der Waals surface area contributed by atoms with E-state index in [1.807, 2.05) is 6.07 Å². The Morgan fingerprint density at radius 1 is 1.29 bits per heavy atom. The molecule has 8 nitrogen and oxygen atoms in total. The number of hydrogen-bond acceptors (Lipinski definition) is 6. The summed E-state index contributed by atoms with van der Waals surface area (Å²) in [6.07, 6.45) is -2.47. The molecule has 0 radical (unpaired) electrons. The number of carbonyl (C=O) groups is 1. The Labute approximate surface area is 197 Å². The third-order valence-electron chi connectivity index (χ3n) is 5.56. The van der Waals surface area contributed by atoms with Gasteiger partial charge in [0.05, 0.1) is 24.6 Å². The molecule has 1 amide bonds. The first-order valence-electron chi connectivity index (χ1n) is 10.4. The number of rotatable bonds is 5. The minimum absolute atomic E-state index is 0.0263. The Kier molecular flexibility index (Phi) is 6.34. The smallest absolute Gasteiger partial charge is 0.425 e. The lowest BCUT2D eigenvalue weighted by atomic mass is 10.0. The number of aromatic nitrogens is 3. The van der Waals surface area contributed by atoms with Crippen molar-refractivity contribution in [1.82, 2.24) is 19.7 Å². The Balaban J connectivity index is 1.68. The van der Waals surface area contributed by atoms with Crippen LogP contribution in [0, 0.1) is 17.1 Å². The van der Waals surface area contributed by atoms with E-state index in [1.54, 1.807) is 6.20 Å². The molecular formula is C23H19F4N5O3. The molecule has 4 rings (SSSR count). The number of ether oxygens (including phenoxy) is 2. The molecule has 1 atom stereocenters. The monoisotopic (exact) mass is 489 g/mol. The van der Waals surface area contributed by atoms with Crippen molar-refractivity contribution in [2.24, 2.45) is 0 Å². The normalized spacial score (nSPS) is 14.1. The van der Waals surface area contributed by atoms with Gasteiger partial charge in [-0.2, -0.15) is 23.5 Å². The Hall–Kier alpha value is -4.14. The summed E-state index contributed by atoms with van der Waals surface area (Å²) >= 11 is 0. The molecule has 0 spiro atoms. The molecule has 182 valence electrons. The van der Waals surface area contributed by atoms with Crippen molar-refractivity contribution in [2.45, 2.75) is 32.2 Å².